The molecule has 3 N–H and O–H groups in total. The van der Waals surface area contributed by atoms with Gasteiger partial charge in [0.1, 0.15) is 17.7 Å². The molecule has 0 aromatic heterocycles. The normalized spacial score (nSPS) is 15.0. The summed E-state index contributed by atoms with van der Waals surface area (Å²) in [6.45, 7) is 0.138. The molecule has 1 rings (SSSR count). The highest BCUT2D eigenvalue weighted by atomic mass is 19.1. The number of hydrogen-bond donors (Lipinski definition) is 3. The van der Waals surface area contributed by atoms with Gasteiger partial charge in [-0.05, 0) is 24.7 Å². The van der Waals surface area contributed by atoms with Crippen molar-refractivity contribution in [3.05, 3.63) is 35.4 Å². The lowest BCUT2D eigenvalue weighted by Gasteiger charge is -2.17. The van der Waals surface area contributed by atoms with Crippen molar-refractivity contribution in [2.24, 2.45) is 0 Å². The van der Waals surface area contributed by atoms with Crippen LogP contribution in [0.25, 0.3) is 0 Å². The van der Waals surface area contributed by atoms with E-state index in [2.05, 4.69) is 5.32 Å². The van der Waals surface area contributed by atoms with Gasteiger partial charge in [-0.2, -0.15) is 0 Å². The summed E-state index contributed by atoms with van der Waals surface area (Å²) >= 11 is 0. The van der Waals surface area contributed by atoms with Crippen LogP contribution in [0.5, 0.6) is 0 Å². The Bertz CT molecular complexity index is 313. The zero-order valence-corrected chi connectivity index (χ0v) is 8.24. The number of aliphatic hydroxyl groups excluding tert-OH is 2. The first-order valence-corrected chi connectivity index (χ1v) is 4.51. The largest absolute Gasteiger partial charge is 0.389 e. The predicted molar refractivity (Wildman–Crippen MR) is 51.3 cm³/mol. The van der Waals surface area contributed by atoms with Gasteiger partial charge in [0, 0.05) is 12.6 Å². The Kier molecular flexibility index (Phi) is 4.14. The molecule has 3 nitrogen and oxygen atoms in total. The Hall–Kier alpha value is -1.04. The molecule has 0 heterocycles. The highest BCUT2D eigenvalue weighted by molar-refractivity contribution is 5.21. The van der Waals surface area contributed by atoms with Gasteiger partial charge in [-0.3, -0.25) is 0 Å². The van der Waals surface area contributed by atoms with Gasteiger partial charge in [0.2, 0.25) is 0 Å². The predicted octanol–water partition coefficient (Wildman–Crippen LogP) is 0.579. The highest BCUT2D eigenvalue weighted by Gasteiger charge is 2.18. The molecule has 0 aliphatic carbocycles. The molecule has 1 aromatic carbocycles. The van der Waals surface area contributed by atoms with E-state index in [9.17, 15) is 19.0 Å². The van der Waals surface area contributed by atoms with Crippen molar-refractivity contribution < 1.29 is 19.0 Å². The van der Waals surface area contributed by atoms with Crippen LogP contribution < -0.4 is 5.32 Å². The number of hydrogen-bond acceptors (Lipinski definition) is 3. The summed E-state index contributed by atoms with van der Waals surface area (Å²) in [6.07, 6.45) is -2.40. The first-order valence-electron chi connectivity index (χ1n) is 4.51. The second-order valence-electron chi connectivity index (χ2n) is 3.27. The van der Waals surface area contributed by atoms with Crippen LogP contribution in [0.1, 0.15) is 11.7 Å². The van der Waals surface area contributed by atoms with E-state index in [1.165, 1.54) is 0 Å². The van der Waals surface area contributed by atoms with Crippen molar-refractivity contribution in [1.82, 2.24) is 5.32 Å². The summed E-state index contributed by atoms with van der Waals surface area (Å²) in [5, 5.41) is 21.6. The molecule has 0 spiro atoms. The van der Waals surface area contributed by atoms with Crippen LogP contribution >= 0.6 is 0 Å². The van der Waals surface area contributed by atoms with E-state index in [4.69, 9.17) is 0 Å². The lowest BCUT2D eigenvalue weighted by molar-refractivity contribution is 0.0199. The highest BCUT2D eigenvalue weighted by Crippen LogP contribution is 2.19. The number of nitrogens with one attached hydrogen (secondary N) is 1. The molecule has 84 valence electrons. The molecule has 0 amide bonds. The fourth-order valence-corrected chi connectivity index (χ4v) is 1.29. The second-order valence-corrected chi connectivity index (χ2v) is 3.27. The van der Waals surface area contributed by atoms with Crippen molar-refractivity contribution >= 4 is 0 Å². The third kappa shape index (κ3) is 3.23. The maximum Gasteiger partial charge on any atom is 0.126 e. The molecule has 0 aliphatic rings. The lowest BCUT2D eigenvalue weighted by atomic mass is 10.0. The van der Waals surface area contributed by atoms with Gasteiger partial charge < -0.3 is 15.5 Å². The Morgan fingerprint density at radius 1 is 1.20 bits per heavy atom. The molecule has 2 unspecified atom stereocenters. The molecular formula is C10H13F2NO2. The number of likely N-dealkylation sites (N-methyl/N-ethyl adjacent to an activating group) is 1. The van der Waals surface area contributed by atoms with Gasteiger partial charge in [0.05, 0.1) is 6.10 Å². The molecule has 0 saturated heterocycles. The Labute approximate surface area is 86.4 Å². The summed E-state index contributed by atoms with van der Waals surface area (Å²) in [4.78, 5) is 0. The Balaban J connectivity index is 2.85. The minimum absolute atomic E-state index is 0.0234. The molecule has 0 radical (unpaired) electrons. The maximum absolute atomic E-state index is 12.8. The summed E-state index contributed by atoms with van der Waals surface area (Å²) < 4.78 is 25.6. The quantitative estimate of drug-likeness (QED) is 0.691. The van der Waals surface area contributed by atoms with Crippen LogP contribution in [0.4, 0.5) is 8.78 Å². The van der Waals surface area contributed by atoms with Crippen LogP contribution in [0.15, 0.2) is 18.2 Å². The summed E-state index contributed by atoms with van der Waals surface area (Å²) in [5.74, 6) is -1.55. The van der Waals surface area contributed by atoms with Crippen molar-refractivity contribution in [1.29, 1.82) is 0 Å². The molecule has 0 aliphatic heterocycles. The van der Waals surface area contributed by atoms with Gasteiger partial charge in [0.15, 0.2) is 0 Å². The smallest absolute Gasteiger partial charge is 0.126 e. The van der Waals surface area contributed by atoms with Crippen LogP contribution in [-0.4, -0.2) is 29.9 Å². The average molecular weight is 217 g/mol. The first-order chi connectivity index (χ1) is 7.04. The summed E-state index contributed by atoms with van der Waals surface area (Å²) in [7, 11) is 1.60. The number of halogens is 2. The monoisotopic (exact) mass is 217 g/mol. The van der Waals surface area contributed by atoms with Gasteiger partial charge in [-0.15, -0.1) is 0 Å². The molecule has 15 heavy (non-hydrogen) atoms. The van der Waals surface area contributed by atoms with E-state index < -0.39 is 23.8 Å². The van der Waals surface area contributed by atoms with Gasteiger partial charge in [0.25, 0.3) is 0 Å². The standard InChI is InChI=1S/C10H13F2NO2/c1-13-5-9(14)10(15)6-2-7(11)4-8(12)3-6/h2-4,9-10,13-15H,5H2,1H3. The van der Waals surface area contributed by atoms with E-state index in [1.54, 1.807) is 7.05 Å². The fraction of sp³-hybridized carbons (Fsp3) is 0.400. The van der Waals surface area contributed by atoms with Crippen LogP contribution in [0.3, 0.4) is 0 Å². The first kappa shape index (κ1) is 12.0. The summed E-state index contributed by atoms with van der Waals surface area (Å²) in [5.41, 5.74) is 0.0234. The van der Waals surface area contributed by atoms with E-state index in [-0.39, 0.29) is 12.1 Å². The second kappa shape index (κ2) is 5.16. The molecule has 0 saturated carbocycles. The number of benzene rings is 1. The number of aliphatic hydroxyl groups is 2. The van der Waals surface area contributed by atoms with E-state index in [1.807, 2.05) is 0 Å². The molecule has 1 aromatic rings. The van der Waals surface area contributed by atoms with E-state index >= 15 is 0 Å². The molecular weight excluding hydrogens is 204 g/mol. The third-order valence-electron chi connectivity index (χ3n) is 2.00. The topological polar surface area (TPSA) is 52.5 Å². The minimum atomic E-state index is -1.30. The van der Waals surface area contributed by atoms with Gasteiger partial charge in [-0.1, -0.05) is 0 Å². The Morgan fingerprint density at radius 3 is 2.20 bits per heavy atom. The van der Waals surface area contributed by atoms with Gasteiger partial charge >= 0.3 is 0 Å². The molecule has 5 heteroatoms. The molecule has 0 fully saturated rings. The maximum atomic E-state index is 12.8. The van der Waals surface area contributed by atoms with Crippen LogP contribution in [0, 0.1) is 11.6 Å². The van der Waals surface area contributed by atoms with Crippen LogP contribution in [0.2, 0.25) is 0 Å². The minimum Gasteiger partial charge on any atom is -0.389 e. The van der Waals surface area contributed by atoms with E-state index in [0.717, 1.165) is 12.1 Å². The fourth-order valence-electron chi connectivity index (χ4n) is 1.29. The van der Waals surface area contributed by atoms with Crippen molar-refractivity contribution in [2.75, 3.05) is 13.6 Å². The summed E-state index contributed by atoms with van der Waals surface area (Å²) in [6, 6.07) is 2.69. The Morgan fingerprint density at radius 2 is 1.73 bits per heavy atom. The molecule has 2 atom stereocenters. The average Bonchev–Trinajstić information content (AvgIpc) is 2.15. The van der Waals surface area contributed by atoms with Crippen molar-refractivity contribution in [3.8, 4) is 0 Å². The van der Waals surface area contributed by atoms with Crippen molar-refractivity contribution in [3.63, 3.8) is 0 Å². The van der Waals surface area contributed by atoms with Crippen LogP contribution in [-0.2, 0) is 0 Å². The third-order valence-corrected chi connectivity index (χ3v) is 2.00. The van der Waals surface area contributed by atoms with E-state index in [0.29, 0.717) is 6.07 Å². The zero-order chi connectivity index (χ0) is 11.4. The van der Waals surface area contributed by atoms with Crippen molar-refractivity contribution in [2.45, 2.75) is 12.2 Å². The van der Waals surface area contributed by atoms with Gasteiger partial charge in [-0.25, -0.2) is 8.78 Å². The SMILES string of the molecule is CNCC(O)C(O)c1cc(F)cc(F)c1. The number of rotatable bonds is 4. The lowest BCUT2D eigenvalue weighted by Crippen LogP contribution is -2.29. The zero-order valence-electron chi connectivity index (χ0n) is 8.24. The molecule has 0 bridgehead atoms.